The first-order chi connectivity index (χ1) is 16.0. The van der Waals surface area contributed by atoms with Crippen LogP contribution >= 0.6 is 0 Å². The van der Waals surface area contributed by atoms with Crippen LogP contribution in [0.2, 0.25) is 0 Å². The van der Waals surface area contributed by atoms with E-state index in [-0.39, 0.29) is 12.3 Å². The van der Waals surface area contributed by atoms with Gasteiger partial charge in [-0.15, -0.1) is 10.2 Å². The van der Waals surface area contributed by atoms with Crippen molar-refractivity contribution in [2.24, 2.45) is 17.3 Å². The number of non-ortho nitro benzene ring substituents is 1. The first-order valence-corrected chi connectivity index (χ1v) is 10.8. The smallest absolute Gasteiger partial charge is 0.269 e. The Hall–Kier alpha value is -3.79. The van der Waals surface area contributed by atoms with Crippen molar-refractivity contribution in [2.45, 2.75) is 13.2 Å². The number of aryl methyl sites for hydroxylation is 1. The number of azo groups is 1. The van der Waals surface area contributed by atoms with Crippen LogP contribution in [0, 0.1) is 10.1 Å². The Morgan fingerprint density at radius 3 is 2.50 bits per heavy atom. The van der Waals surface area contributed by atoms with Crippen molar-refractivity contribution in [1.29, 1.82) is 0 Å². The molecule has 3 rings (SSSR count). The van der Waals surface area contributed by atoms with Crippen LogP contribution in [0.3, 0.4) is 0 Å². The zero-order valence-corrected chi connectivity index (χ0v) is 19.4. The molecule has 2 heterocycles. The fraction of sp³-hybridized carbons (Fsp3) is 0.263. The molecule has 0 amide bonds. The van der Waals surface area contributed by atoms with Gasteiger partial charge in [0.2, 0.25) is 10.4 Å². The topological polar surface area (TPSA) is 191 Å². The second kappa shape index (κ2) is 11.9. The third-order valence-electron chi connectivity index (χ3n) is 4.24. The van der Waals surface area contributed by atoms with E-state index in [0.717, 1.165) is 12.7 Å². The molecule has 14 nitrogen and oxygen atoms in total. The number of rotatable bonds is 8. The first kappa shape index (κ1) is 26.5. The lowest BCUT2D eigenvalue weighted by Crippen LogP contribution is -2.27. The molecule has 1 aromatic carbocycles. The number of nitrogen functional groups attached to an aromatic ring is 1. The van der Waals surface area contributed by atoms with Gasteiger partial charge in [0, 0.05) is 36.4 Å². The molecule has 0 aliphatic carbocycles. The normalized spacial score (nSPS) is 11.3. The molecule has 15 heteroatoms. The van der Waals surface area contributed by atoms with Gasteiger partial charge in [0.15, 0.2) is 12.4 Å². The predicted octanol–water partition coefficient (Wildman–Crippen LogP) is 1.90. The lowest BCUT2D eigenvalue weighted by Gasteiger charge is -2.04. The summed E-state index contributed by atoms with van der Waals surface area (Å²) >= 11 is 0. The van der Waals surface area contributed by atoms with Gasteiger partial charge in [0.1, 0.15) is 18.6 Å². The highest BCUT2D eigenvalue weighted by Gasteiger charge is 2.12. The molecule has 0 unspecified atom stereocenters. The van der Waals surface area contributed by atoms with Crippen LogP contribution < -0.4 is 10.3 Å². The van der Waals surface area contributed by atoms with Gasteiger partial charge in [-0.25, -0.2) is 17.7 Å². The van der Waals surface area contributed by atoms with Crippen molar-refractivity contribution >= 4 is 33.3 Å². The summed E-state index contributed by atoms with van der Waals surface area (Å²) in [6, 6.07) is 8.24. The molecule has 0 spiro atoms. The summed E-state index contributed by atoms with van der Waals surface area (Å²) in [4.78, 5) is 10.5. The fourth-order valence-electron chi connectivity index (χ4n) is 2.67. The number of nitro groups is 1. The molecule has 182 valence electrons. The summed E-state index contributed by atoms with van der Waals surface area (Å²) in [7, 11) is -0.157. The summed E-state index contributed by atoms with van der Waals surface area (Å²) in [6.07, 6.45) is 5.46. The van der Waals surface area contributed by atoms with Gasteiger partial charge in [0.05, 0.1) is 37.1 Å². The van der Waals surface area contributed by atoms with Gasteiger partial charge >= 0.3 is 0 Å². The average molecular weight is 494 g/mol. The molecule has 0 fully saturated rings. The van der Waals surface area contributed by atoms with Gasteiger partial charge in [0.25, 0.3) is 5.69 Å². The molecule has 3 aromatic rings. The molecule has 2 aromatic heterocycles. The minimum absolute atomic E-state index is 0.0330. The van der Waals surface area contributed by atoms with Crippen molar-refractivity contribution in [3.8, 4) is 0 Å². The highest BCUT2D eigenvalue weighted by Crippen LogP contribution is 2.29. The molecule has 0 saturated carbocycles. The molecular weight excluding hydrogens is 470 g/mol. The zero-order valence-electron chi connectivity index (χ0n) is 18.6. The SMILES string of the molecule is COCc1cc([N+](=O)[O-])ccc1/N=N/c1cnn(Cc2ccc[n+](C)c2)c1N.COS(=O)(=O)[O-]. The molecular formula is C19H23N7O7S. The number of anilines is 1. The van der Waals surface area contributed by atoms with Crippen LogP contribution in [-0.2, 0) is 39.5 Å². The number of ether oxygens (including phenoxy) is 1. The van der Waals surface area contributed by atoms with Crippen molar-refractivity contribution in [3.63, 3.8) is 0 Å². The van der Waals surface area contributed by atoms with E-state index >= 15 is 0 Å². The summed E-state index contributed by atoms with van der Waals surface area (Å²) in [5, 5.41) is 23.5. The highest BCUT2D eigenvalue weighted by atomic mass is 32.3. The Bertz CT molecular complexity index is 1280. The van der Waals surface area contributed by atoms with Gasteiger partial charge in [-0.3, -0.25) is 14.3 Å². The number of nitrogens with zero attached hydrogens (tertiary/aromatic N) is 6. The molecule has 0 aliphatic heterocycles. The van der Waals surface area contributed by atoms with E-state index in [1.165, 1.54) is 31.5 Å². The van der Waals surface area contributed by atoms with Crippen LogP contribution in [0.4, 0.5) is 22.9 Å². The van der Waals surface area contributed by atoms with Crippen molar-refractivity contribution < 1.29 is 31.4 Å². The van der Waals surface area contributed by atoms with Gasteiger partial charge < -0.3 is 15.0 Å². The molecule has 0 atom stereocenters. The van der Waals surface area contributed by atoms with Crippen LogP contribution in [-0.4, -0.2) is 41.9 Å². The van der Waals surface area contributed by atoms with E-state index in [1.54, 1.807) is 4.68 Å². The van der Waals surface area contributed by atoms with Crippen molar-refractivity contribution in [2.75, 3.05) is 20.0 Å². The highest BCUT2D eigenvalue weighted by molar-refractivity contribution is 7.80. The zero-order chi connectivity index (χ0) is 25.3. The minimum atomic E-state index is -4.41. The molecule has 0 bridgehead atoms. The van der Waals surface area contributed by atoms with Crippen LogP contribution in [0.25, 0.3) is 0 Å². The van der Waals surface area contributed by atoms with Crippen molar-refractivity contribution in [1.82, 2.24) is 9.78 Å². The second-order valence-corrected chi connectivity index (χ2v) is 7.88. The van der Waals surface area contributed by atoms with Crippen LogP contribution in [0.5, 0.6) is 0 Å². The van der Waals surface area contributed by atoms with Crippen LogP contribution in [0.15, 0.2) is 59.2 Å². The summed E-state index contributed by atoms with van der Waals surface area (Å²) in [6.45, 7) is 0.679. The number of benzene rings is 1. The maximum atomic E-state index is 10.9. The molecule has 0 saturated heterocycles. The number of hydrogen-bond acceptors (Lipinski definition) is 11. The summed E-state index contributed by atoms with van der Waals surface area (Å²) in [5.74, 6) is 0.380. The Balaban J connectivity index is 0.000000604. The molecule has 0 radical (unpaired) electrons. The van der Waals surface area contributed by atoms with Gasteiger partial charge in [-0.2, -0.15) is 5.10 Å². The number of hydrogen-bond donors (Lipinski definition) is 1. The van der Waals surface area contributed by atoms with E-state index in [9.17, 15) is 23.1 Å². The number of pyridine rings is 1. The van der Waals surface area contributed by atoms with E-state index in [2.05, 4.69) is 19.5 Å². The summed E-state index contributed by atoms with van der Waals surface area (Å²) in [5.41, 5.74) is 8.59. The number of methoxy groups -OCH3 is 1. The minimum Gasteiger partial charge on any atom is -0.726 e. The summed E-state index contributed by atoms with van der Waals surface area (Å²) < 4.78 is 39.7. The third-order valence-corrected chi connectivity index (χ3v) is 4.64. The predicted molar refractivity (Wildman–Crippen MR) is 118 cm³/mol. The number of nitrogens with two attached hydrogens (primary N) is 1. The average Bonchev–Trinajstić information content (AvgIpc) is 3.12. The monoisotopic (exact) mass is 493 g/mol. The van der Waals surface area contributed by atoms with Crippen LogP contribution in [0.1, 0.15) is 11.1 Å². The maximum absolute atomic E-state index is 10.9. The quantitative estimate of drug-likeness (QED) is 0.122. The van der Waals surface area contributed by atoms with E-state index in [4.69, 9.17) is 10.5 Å². The maximum Gasteiger partial charge on any atom is 0.269 e. The Kier molecular flexibility index (Phi) is 9.26. The fourth-order valence-corrected chi connectivity index (χ4v) is 2.67. The third kappa shape index (κ3) is 7.96. The van der Waals surface area contributed by atoms with Crippen molar-refractivity contribution in [3.05, 3.63) is 70.2 Å². The van der Waals surface area contributed by atoms with Gasteiger partial charge in [-0.05, 0) is 12.1 Å². The number of aromatic nitrogens is 3. The van der Waals surface area contributed by atoms with E-state index < -0.39 is 15.3 Å². The lowest BCUT2D eigenvalue weighted by molar-refractivity contribution is -0.671. The largest absolute Gasteiger partial charge is 0.726 e. The lowest BCUT2D eigenvalue weighted by atomic mass is 10.1. The Morgan fingerprint density at radius 1 is 1.24 bits per heavy atom. The van der Waals surface area contributed by atoms with E-state index in [0.29, 0.717) is 29.3 Å². The molecule has 2 N–H and O–H groups in total. The second-order valence-electron chi connectivity index (χ2n) is 6.73. The number of nitro benzene ring substituents is 1. The molecule has 0 aliphatic rings. The first-order valence-electron chi connectivity index (χ1n) is 9.49. The Labute approximate surface area is 195 Å². The van der Waals surface area contributed by atoms with Gasteiger partial charge in [-0.1, -0.05) is 0 Å². The standard InChI is InChI=1S/C18H20N7O3.CH4O4S/c1-23-7-3-4-13(10-23)11-24-18(19)17(9-20-24)22-21-16-6-5-15(25(26)27)8-14(16)12-28-2;1-5-6(2,3)4/h3-10H,11-12,19H2,1-2H3;1H3,(H,2,3,4)/q+1;/p-1/b22-21+;. The van der Waals surface area contributed by atoms with E-state index in [1.807, 2.05) is 36.1 Å². The Morgan fingerprint density at radius 2 is 1.91 bits per heavy atom. The molecule has 34 heavy (non-hydrogen) atoms.